The van der Waals surface area contributed by atoms with Crippen LogP contribution in [0.3, 0.4) is 0 Å². The monoisotopic (exact) mass is 500 g/mol. The smallest absolute Gasteiger partial charge is 0.872 e. The van der Waals surface area contributed by atoms with Crippen LogP contribution in [0, 0.1) is 0 Å². The van der Waals surface area contributed by atoms with Gasteiger partial charge in [-0.05, 0) is 42.7 Å². The molecule has 0 aliphatic heterocycles. The Kier molecular flexibility index (Phi) is 15.9. The number of hydrogen-bond donors (Lipinski definition) is 1. The molecule has 33 heavy (non-hydrogen) atoms. The van der Waals surface area contributed by atoms with E-state index in [2.05, 4.69) is 6.92 Å². The van der Waals surface area contributed by atoms with Gasteiger partial charge in [0.15, 0.2) is 0 Å². The Balaban J connectivity index is 0.00000544. The van der Waals surface area contributed by atoms with Crippen LogP contribution in [0.4, 0.5) is 0 Å². The molecule has 0 spiro atoms. The van der Waals surface area contributed by atoms with Gasteiger partial charge in [-0.3, -0.25) is 4.55 Å². The average molecular weight is 501 g/mol. The van der Waals surface area contributed by atoms with Gasteiger partial charge in [0, 0.05) is 6.07 Å². The Hall–Kier alpha value is -0.414. The summed E-state index contributed by atoms with van der Waals surface area (Å²) >= 11 is 0. The van der Waals surface area contributed by atoms with Crippen LogP contribution < -0.4 is 61.2 Å². The number of rotatable bonds is 16. The molecule has 0 heterocycles. The van der Waals surface area contributed by atoms with Crippen LogP contribution in [0.15, 0.2) is 47.4 Å². The molecule has 0 amide bonds. The number of hydrogen-bond acceptors (Lipinski definition) is 4. The minimum absolute atomic E-state index is 0. The largest absolute Gasteiger partial charge is 1.00 e. The van der Waals surface area contributed by atoms with Crippen molar-refractivity contribution in [2.45, 2.75) is 95.3 Å². The van der Waals surface area contributed by atoms with Gasteiger partial charge in [0.1, 0.15) is 11.5 Å². The first-order valence-electron chi connectivity index (χ1n) is 11.9. The van der Waals surface area contributed by atoms with E-state index in [0.29, 0.717) is 5.75 Å². The van der Waals surface area contributed by atoms with Crippen molar-refractivity contribution in [1.82, 2.24) is 0 Å². The van der Waals surface area contributed by atoms with Crippen molar-refractivity contribution in [2.75, 3.05) is 0 Å². The second kappa shape index (κ2) is 17.1. The van der Waals surface area contributed by atoms with Gasteiger partial charge in [0.05, 0.1) is 4.90 Å². The molecule has 2 aromatic rings. The van der Waals surface area contributed by atoms with Crippen LogP contribution in [-0.4, -0.2) is 13.0 Å². The molecule has 0 aliphatic rings. The van der Waals surface area contributed by atoms with Gasteiger partial charge in [-0.15, -0.1) is 5.75 Å². The van der Waals surface area contributed by atoms with Crippen molar-refractivity contribution in [2.24, 2.45) is 0 Å². The van der Waals surface area contributed by atoms with E-state index in [-0.39, 0.29) is 57.1 Å². The minimum atomic E-state index is -4.46. The summed E-state index contributed by atoms with van der Waals surface area (Å²) in [6, 6.07) is 10.8. The normalized spacial score (nSPS) is 11.2. The molecule has 0 saturated heterocycles. The van der Waals surface area contributed by atoms with Crippen LogP contribution in [0.25, 0.3) is 0 Å². The third kappa shape index (κ3) is 13.3. The summed E-state index contributed by atoms with van der Waals surface area (Å²) in [7, 11) is -4.46. The summed E-state index contributed by atoms with van der Waals surface area (Å²) in [5.41, 5.74) is 1.14. The van der Waals surface area contributed by atoms with Crippen molar-refractivity contribution in [3.63, 3.8) is 0 Å². The molecule has 0 saturated carbocycles. The molecule has 0 unspecified atom stereocenters. The van der Waals surface area contributed by atoms with Crippen molar-refractivity contribution >= 4 is 10.1 Å². The Labute approximate surface area is 242 Å². The number of aryl methyl sites for hydroxylation is 1. The van der Waals surface area contributed by atoms with E-state index in [0.717, 1.165) is 30.5 Å². The van der Waals surface area contributed by atoms with E-state index in [4.69, 9.17) is 9.29 Å². The van der Waals surface area contributed by atoms with E-state index in [9.17, 15) is 13.5 Å². The molecule has 0 aromatic heterocycles. The van der Waals surface area contributed by atoms with E-state index in [1.165, 1.54) is 76.7 Å². The predicted molar refractivity (Wildman–Crippen MR) is 127 cm³/mol. The summed E-state index contributed by atoms with van der Waals surface area (Å²) in [4.78, 5) is -0.465. The van der Waals surface area contributed by atoms with Crippen LogP contribution in [0.1, 0.15) is 89.5 Å². The van der Waals surface area contributed by atoms with Gasteiger partial charge >= 0.3 is 51.4 Å². The molecule has 0 bridgehead atoms. The second-order valence-electron chi connectivity index (χ2n) is 8.50. The van der Waals surface area contributed by atoms with E-state index < -0.39 is 20.8 Å². The maximum absolute atomic E-state index is 11.7. The van der Waals surface area contributed by atoms with Crippen LogP contribution in [0.5, 0.6) is 17.2 Å². The molecular formula is C26H37KO5S. The molecule has 2 rings (SSSR count). The van der Waals surface area contributed by atoms with Crippen LogP contribution in [-0.2, 0) is 16.5 Å². The van der Waals surface area contributed by atoms with E-state index >= 15 is 0 Å². The molecule has 7 heteroatoms. The summed E-state index contributed by atoms with van der Waals surface area (Å²) < 4.78 is 37.4. The van der Waals surface area contributed by atoms with Crippen molar-refractivity contribution in [3.8, 4) is 17.2 Å². The Morgan fingerprint density at radius 2 is 1.36 bits per heavy atom. The molecule has 0 aliphatic carbocycles. The Morgan fingerprint density at radius 1 is 0.788 bits per heavy atom. The van der Waals surface area contributed by atoms with Crippen molar-refractivity contribution < 1.29 is 74.2 Å². The maximum atomic E-state index is 11.7. The Bertz CT molecular complexity index is 915. The van der Waals surface area contributed by atoms with Gasteiger partial charge in [-0.25, -0.2) is 0 Å². The average Bonchev–Trinajstić information content (AvgIpc) is 2.74. The topological polar surface area (TPSA) is 86.7 Å². The zero-order valence-electron chi connectivity index (χ0n) is 20.2. The van der Waals surface area contributed by atoms with Crippen LogP contribution in [0.2, 0.25) is 0 Å². The summed E-state index contributed by atoms with van der Waals surface area (Å²) in [6.07, 6.45) is 16.7. The molecule has 0 radical (unpaired) electrons. The molecule has 178 valence electrons. The summed E-state index contributed by atoms with van der Waals surface area (Å²) in [6.45, 7) is 2.25. The fraction of sp³-hybridized carbons (Fsp3) is 0.538. The number of unbranched alkanes of at least 4 members (excludes halogenated alkanes) is 11. The van der Waals surface area contributed by atoms with Gasteiger partial charge in [-0.2, -0.15) is 8.42 Å². The molecule has 5 nitrogen and oxygen atoms in total. The Morgan fingerprint density at radius 3 is 1.94 bits per heavy atom. The minimum Gasteiger partial charge on any atom is -0.872 e. The molecule has 0 atom stereocenters. The van der Waals surface area contributed by atoms with Crippen molar-refractivity contribution in [1.29, 1.82) is 0 Å². The van der Waals surface area contributed by atoms with Gasteiger partial charge in [0.2, 0.25) is 0 Å². The zero-order chi connectivity index (χ0) is 23.2. The molecule has 2 aromatic carbocycles. The maximum Gasteiger partial charge on any atom is 1.00 e. The third-order valence-electron chi connectivity index (χ3n) is 5.60. The third-order valence-corrected chi connectivity index (χ3v) is 6.44. The first-order valence-corrected chi connectivity index (χ1v) is 13.4. The quantitative estimate of drug-likeness (QED) is 0.213. The number of benzene rings is 2. The SMILES string of the molecule is CCCCCCCCCCCCCCc1cccc(Oc2cc([O-])cc(S(=O)(=O)O)c2)c1.[K+]. The molecule has 1 N–H and O–H groups in total. The first kappa shape index (κ1) is 30.6. The summed E-state index contributed by atoms with van der Waals surface area (Å²) in [5, 5.41) is 11.7. The van der Waals surface area contributed by atoms with Gasteiger partial charge in [0.25, 0.3) is 10.1 Å². The summed E-state index contributed by atoms with van der Waals surface area (Å²) in [5.74, 6) is 0.0868. The van der Waals surface area contributed by atoms with Gasteiger partial charge < -0.3 is 9.84 Å². The first-order chi connectivity index (χ1) is 15.4. The standard InChI is InChI=1S/C26H38O5S.K/c1-2-3-4-5-6-7-8-9-10-11-12-13-15-22-16-14-17-24(18-22)31-25-19-23(27)20-26(21-25)32(28,29)30;/h14,16-21,27H,2-13,15H2,1H3,(H,28,29,30);/q;+1/p-1. The molecule has 0 fully saturated rings. The number of ether oxygens (including phenoxy) is 1. The molecular weight excluding hydrogens is 463 g/mol. The van der Waals surface area contributed by atoms with Gasteiger partial charge in [-0.1, -0.05) is 89.7 Å². The second-order valence-corrected chi connectivity index (χ2v) is 9.93. The van der Waals surface area contributed by atoms with E-state index in [1.807, 2.05) is 18.2 Å². The van der Waals surface area contributed by atoms with E-state index in [1.54, 1.807) is 6.07 Å². The zero-order valence-corrected chi connectivity index (χ0v) is 24.2. The predicted octanol–water partition coefficient (Wildman–Crippen LogP) is 4.05. The fourth-order valence-corrected chi connectivity index (χ4v) is 4.35. The van der Waals surface area contributed by atoms with Crippen LogP contribution >= 0.6 is 0 Å². The fourth-order valence-electron chi connectivity index (χ4n) is 3.82. The van der Waals surface area contributed by atoms with Crippen molar-refractivity contribution in [3.05, 3.63) is 48.0 Å².